The highest BCUT2D eigenvalue weighted by Crippen LogP contribution is 2.17. The first-order valence-electron chi connectivity index (χ1n) is 6.08. The first-order chi connectivity index (χ1) is 8.65. The molecule has 0 unspecified atom stereocenters. The molecule has 0 atom stereocenters. The number of hydrogen-bond donors (Lipinski definition) is 3. The maximum atomic E-state index is 11.5. The van der Waals surface area contributed by atoms with E-state index in [0.717, 1.165) is 24.0 Å². The second kappa shape index (κ2) is 5.82. The second-order valence-electron chi connectivity index (χ2n) is 4.52. The van der Waals surface area contributed by atoms with Crippen LogP contribution in [-0.2, 0) is 6.54 Å². The second-order valence-corrected chi connectivity index (χ2v) is 4.96. The van der Waals surface area contributed by atoms with Crippen LogP contribution in [0.1, 0.15) is 30.4 Å². The van der Waals surface area contributed by atoms with E-state index in [4.69, 9.17) is 18.0 Å². The number of rotatable bonds is 4. The van der Waals surface area contributed by atoms with Gasteiger partial charge in [0.2, 0.25) is 0 Å². The Balaban J connectivity index is 1.78. The first kappa shape index (κ1) is 12.8. The number of urea groups is 1. The number of carbonyl (C=O) groups excluding carboxylic acids is 1. The van der Waals surface area contributed by atoms with E-state index in [2.05, 4.69) is 10.6 Å². The Morgan fingerprint density at radius 1 is 1.33 bits per heavy atom. The molecule has 2 rings (SSSR count). The Bertz CT molecular complexity index is 440. The van der Waals surface area contributed by atoms with Crippen LogP contribution < -0.4 is 16.4 Å². The van der Waals surface area contributed by atoms with Crippen molar-refractivity contribution >= 4 is 23.2 Å². The van der Waals surface area contributed by atoms with Crippen LogP contribution >= 0.6 is 12.2 Å². The van der Waals surface area contributed by atoms with Gasteiger partial charge in [0, 0.05) is 18.2 Å². The third-order valence-corrected chi connectivity index (χ3v) is 3.37. The quantitative estimate of drug-likeness (QED) is 0.724. The van der Waals surface area contributed by atoms with E-state index < -0.39 is 0 Å². The van der Waals surface area contributed by atoms with Gasteiger partial charge in [-0.1, -0.05) is 36.5 Å². The lowest BCUT2D eigenvalue weighted by Gasteiger charge is -2.26. The van der Waals surface area contributed by atoms with Crippen molar-refractivity contribution in [3.63, 3.8) is 0 Å². The predicted molar refractivity (Wildman–Crippen MR) is 75.3 cm³/mol. The monoisotopic (exact) mass is 263 g/mol. The molecule has 0 aromatic heterocycles. The van der Waals surface area contributed by atoms with Gasteiger partial charge in [0.15, 0.2) is 0 Å². The predicted octanol–water partition coefficient (Wildman–Crippen LogP) is 1.67. The highest BCUT2D eigenvalue weighted by atomic mass is 32.1. The van der Waals surface area contributed by atoms with E-state index in [9.17, 15) is 4.79 Å². The number of nitrogens with one attached hydrogen (secondary N) is 2. The van der Waals surface area contributed by atoms with Crippen LogP contribution in [0.15, 0.2) is 24.3 Å². The lowest BCUT2D eigenvalue weighted by Crippen LogP contribution is -2.44. The topological polar surface area (TPSA) is 67.1 Å². The lowest BCUT2D eigenvalue weighted by molar-refractivity contribution is 0.228. The Kier molecular flexibility index (Phi) is 4.15. The minimum Gasteiger partial charge on any atom is -0.389 e. The summed E-state index contributed by atoms with van der Waals surface area (Å²) in [6.45, 7) is 0.510. The lowest BCUT2D eigenvalue weighted by atomic mass is 9.93. The van der Waals surface area contributed by atoms with Crippen LogP contribution in [0.4, 0.5) is 4.79 Å². The molecule has 2 amide bonds. The van der Waals surface area contributed by atoms with Crippen LogP contribution in [0.2, 0.25) is 0 Å². The average Bonchev–Trinajstić information content (AvgIpc) is 2.32. The van der Waals surface area contributed by atoms with Gasteiger partial charge < -0.3 is 16.4 Å². The molecule has 1 aliphatic rings. The summed E-state index contributed by atoms with van der Waals surface area (Å²) in [5.74, 6) is 0. The maximum absolute atomic E-state index is 11.5. The van der Waals surface area contributed by atoms with E-state index in [0.29, 0.717) is 17.6 Å². The summed E-state index contributed by atoms with van der Waals surface area (Å²) < 4.78 is 0. The Hall–Kier alpha value is -1.62. The van der Waals surface area contributed by atoms with Crippen LogP contribution in [-0.4, -0.2) is 17.1 Å². The van der Waals surface area contributed by atoms with Crippen LogP contribution in [0.3, 0.4) is 0 Å². The number of benzene rings is 1. The third-order valence-electron chi connectivity index (χ3n) is 3.13. The van der Waals surface area contributed by atoms with Gasteiger partial charge in [-0.3, -0.25) is 0 Å². The summed E-state index contributed by atoms with van der Waals surface area (Å²) in [5, 5.41) is 5.76. The van der Waals surface area contributed by atoms with E-state index in [1.54, 1.807) is 0 Å². The Labute approximate surface area is 112 Å². The molecule has 5 heteroatoms. The number of hydrogen-bond acceptors (Lipinski definition) is 2. The minimum atomic E-state index is -0.0990. The summed E-state index contributed by atoms with van der Waals surface area (Å²) in [7, 11) is 0. The average molecular weight is 263 g/mol. The zero-order valence-electron chi connectivity index (χ0n) is 10.1. The molecule has 1 fully saturated rings. The normalized spacial score (nSPS) is 14.7. The van der Waals surface area contributed by atoms with Crippen molar-refractivity contribution in [3.05, 3.63) is 35.4 Å². The molecule has 1 aliphatic carbocycles. The smallest absolute Gasteiger partial charge is 0.315 e. The molecular formula is C13H17N3OS. The molecule has 4 N–H and O–H groups in total. The van der Waals surface area contributed by atoms with Crippen LogP contribution in [0.25, 0.3) is 0 Å². The van der Waals surface area contributed by atoms with E-state index in [1.807, 2.05) is 24.3 Å². The van der Waals surface area contributed by atoms with Crippen molar-refractivity contribution in [3.8, 4) is 0 Å². The van der Waals surface area contributed by atoms with Crippen molar-refractivity contribution < 1.29 is 4.79 Å². The van der Waals surface area contributed by atoms with Gasteiger partial charge in [0.05, 0.1) is 0 Å². The van der Waals surface area contributed by atoms with E-state index in [1.165, 1.54) is 6.42 Å². The Morgan fingerprint density at radius 2 is 2.00 bits per heavy atom. The fraction of sp³-hybridized carbons (Fsp3) is 0.385. The fourth-order valence-electron chi connectivity index (χ4n) is 1.76. The third kappa shape index (κ3) is 3.43. The van der Waals surface area contributed by atoms with Crippen LogP contribution in [0.5, 0.6) is 0 Å². The molecule has 0 bridgehead atoms. The summed E-state index contributed by atoms with van der Waals surface area (Å²) in [6.07, 6.45) is 3.40. The molecule has 0 radical (unpaired) electrons. The van der Waals surface area contributed by atoms with Crippen molar-refractivity contribution in [2.45, 2.75) is 31.8 Å². The van der Waals surface area contributed by atoms with Gasteiger partial charge >= 0.3 is 6.03 Å². The van der Waals surface area contributed by atoms with Gasteiger partial charge in [0.1, 0.15) is 4.99 Å². The fourth-order valence-corrected chi connectivity index (χ4v) is 1.89. The minimum absolute atomic E-state index is 0.0990. The maximum Gasteiger partial charge on any atom is 0.315 e. The van der Waals surface area contributed by atoms with E-state index in [-0.39, 0.29) is 6.03 Å². The highest BCUT2D eigenvalue weighted by molar-refractivity contribution is 7.80. The van der Waals surface area contributed by atoms with E-state index >= 15 is 0 Å². The van der Waals surface area contributed by atoms with Gasteiger partial charge in [-0.15, -0.1) is 0 Å². The molecule has 0 aliphatic heterocycles. The molecule has 1 saturated carbocycles. The number of carbonyl (C=O) groups is 1. The highest BCUT2D eigenvalue weighted by Gasteiger charge is 2.18. The van der Waals surface area contributed by atoms with Gasteiger partial charge in [0.25, 0.3) is 0 Å². The standard InChI is InChI=1S/C13H17N3OS/c14-12(18)10-6-4-9(5-7-10)8-15-13(17)16-11-2-1-3-11/h4-7,11H,1-3,8H2,(H2,14,18)(H2,15,16,17). The summed E-state index contributed by atoms with van der Waals surface area (Å²) in [6, 6.07) is 7.82. The summed E-state index contributed by atoms with van der Waals surface area (Å²) >= 11 is 4.88. The van der Waals surface area contributed by atoms with Crippen molar-refractivity contribution in [1.29, 1.82) is 0 Å². The summed E-state index contributed by atoms with van der Waals surface area (Å²) in [5.41, 5.74) is 7.38. The van der Waals surface area contributed by atoms with Crippen molar-refractivity contribution in [2.24, 2.45) is 5.73 Å². The number of thiocarbonyl (C=S) groups is 1. The SMILES string of the molecule is NC(=S)c1ccc(CNC(=O)NC2CCC2)cc1. The molecular weight excluding hydrogens is 246 g/mol. The molecule has 96 valence electrons. The molecule has 0 heterocycles. The van der Waals surface area contributed by atoms with Crippen molar-refractivity contribution in [2.75, 3.05) is 0 Å². The van der Waals surface area contributed by atoms with Gasteiger partial charge in [-0.05, 0) is 24.8 Å². The largest absolute Gasteiger partial charge is 0.389 e. The molecule has 0 saturated heterocycles. The molecule has 1 aromatic carbocycles. The number of nitrogens with two attached hydrogens (primary N) is 1. The summed E-state index contributed by atoms with van der Waals surface area (Å²) in [4.78, 5) is 11.9. The number of amides is 2. The zero-order chi connectivity index (χ0) is 13.0. The zero-order valence-corrected chi connectivity index (χ0v) is 10.9. The van der Waals surface area contributed by atoms with Crippen LogP contribution in [0, 0.1) is 0 Å². The molecule has 1 aromatic rings. The van der Waals surface area contributed by atoms with Gasteiger partial charge in [-0.2, -0.15) is 0 Å². The molecule has 0 spiro atoms. The van der Waals surface area contributed by atoms with Crippen molar-refractivity contribution in [1.82, 2.24) is 10.6 Å². The Morgan fingerprint density at radius 3 is 2.50 bits per heavy atom. The first-order valence-corrected chi connectivity index (χ1v) is 6.49. The van der Waals surface area contributed by atoms with Gasteiger partial charge in [-0.25, -0.2) is 4.79 Å². The molecule has 18 heavy (non-hydrogen) atoms. The molecule has 4 nitrogen and oxygen atoms in total.